The number of amides is 1. The molecule has 0 spiro atoms. The predicted molar refractivity (Wildman–Crippen MR) is 79.1 cm³/mol. The lowest BCUT2D eigenvalue weighted by Gasteiger charge is -2.22. The van der Waals surface area contributed by atoms with Gasteiger partial charge in [-0.05, 0) is 42.9 Å². The molecule has 1 aliphatic heterocycles. The summed E-state index contributed by atoms with van der Waals surface area (Å²) in [7, 11) is 1.95. The third kappa shape index (κ3) is 2.41. The van der Waals surface area contributed by atoms with Gasteiger partial charge in [0, 0.05) is 25.4 Å². The highest BCUT2D eigenvalue weighted by molar-refractivity contribution is 5.76. The van der Waals surface area contributed by atoms with Crippen molar-refractivity contribution in [2.24, 2.45) is 0 Å². The van der Waals surface area contributed by atoms with Gasteiger partial charge in [-0.25, -0.2) is 0 Å². The van der Waals surface area contributed by atoms with Crippen molar-refractivity contribution in [3.63, 3.8) is 0 Å². The quantitative estimate of drug-likeness (QED) is 0.843. The van der Waals surface area contributed by atoms with Gasteiger partial charge in [0.25, 0.3) is 0 Å². The molecule has 3 heteroatoms. The van der Waals surface area contributed by atoms with Crippen LogP contribution in [0.15, 0.2) is 18.2 Å². The molecule has 0 aromatic heterocycles. The Morgan fingerprint density at radius 3 is 3.10 bits per heavy atom. The van der Waals surface area contributed by atoms with E-state index in [9.17, 15) is 4.79 Å². The summed E-state index contributed by atoms with van der Waals surface area (Å²) < 4.78 is 5.74. The maximum absolute atomic E-state index is 12.0. The van der Waals surface area contributed by atoms with E-state index in [2.05, 4.69) is 25.1 Å². The molecule has 2 atom stereocenters. The number of nitrogens with zero attached hydrogens (tertiary/aromatic N) is 1. The smallest absolute Gasteiger partial charge is 0.222 e. The van der Waals surface area contributed by atoms with Gasteiger partial charge in [0.1, 0.15) is 5.75 Å². The average Bonchev–Trinajstić information content (AvgIpc) is 3.26. The van der Waals surface area contributed by atoms with Crippen molar-refractivity contribution in [3.8, 4) is 5.75 Å². The molecule has 1 fully saturated rings. The maximum atomic E-state index is 12.0. The first kappa shape index (κ1) is 13.5. The van der Waals surface area contributed by atoms with Crippen molar-refractivity contribution in [2.75, 3.05) is 13.7 Å². The number of ether oxygens (including phenoxy) is 1. The number of rotatable bonds is 4. The van der Waals surface area contributed by atoms with E-state index >= 15 is 0 Å². The summed E-state index contributed by atoms with van der Waals surface area (Å²) in [6.07, 6.45) is 4.90. The van der Waals surface area contributed by atoms with Gasteiger partial charge in [0.15, 0.2) is 0 Å². The summed E-state index contributed by atoms with van der Waals surface area (Å²) in [6, 6.07) is 6.77. The zero-order chi connectivity index (χ0) is 14.1. The molecule has 20 heavy (non-hydrogen) atoms. The number of hydrogen-bond donors (Lipinski definition) is 0. The van der Waals surface area contributed by atoms with Crippen molar-refractivity contribution in [2.45, 2.75) is 51.0 Å². The second-order valence-corrected chi connectivity index (χ2v) is 5.94. The van der Waals surface area contributed by atoms with Gasteiger partial charge in [-0.1, -0.05) is 19.1 Å². The molecule has 2 unspecified atom stereocenters. The molecule has 0 bridgehead atoms. The lowest BCUT2D eigenvalue weighted by atomic mass is 9.96. The Hall–Kier alpha value is -1.51. The topological polar surface area (TPSA) is 29.5 Å². The summed E-state index contributed by atoms with van der Waals surface area (Å²) in [6.45, 7) is 2.89. The van der Waals surface area contributed by atoms with E-state index in [1.165, 1.54) is 11.1 Å². The molecule has 1 heterocycles. The van der Waals surface area contributed by atoms with Gasteiger partial charge >= 0.3 is 0 Å². The average molecular weight is 273 g/mol. The molecule has 3 rings (SSSR count). The first-order valence-corrected chi connectivity index (χ1v) is 7.72. The molecule has 1 amide bonds. The molecule has 3 nitrogen and oxygen atoms in total. The molecule has 0 N–H and O–H groups in total. The SMILES string of the molecule is CCCC(=O)N(C)C1CC1c1cccc2c1CCCO2. The third-order valence-electron chi connectivity index (χ3n) is 4.51. The molecule has 0 radical (unpaired) electrons. The van der Waals surface area contributed by atoms with E-state index in [0.717, 1.165) is 38.0 Å². The van der Waals surface area contributed by atoms with Crippen LogP contribution in [0.4, 0.5) is 0 Å². The maximum Gasteiger partial charge on any atom is 0.222 e. The van der Waals surface area contributed by atoms with Crippen LogP contribution in [0.25, 0.3) is 0 Å². The van der Waals surface area contributed by atoms with Crippen LogP contribution >= 0.6 is 0 Å². The molecule has 0 saturated heterocycles. The molecular weight excluding hydrogens is 250 g/mol. The van der Waals surface area contributed by atoms with Gasteiger partial charge in [0.2, 0.25) is 5.91 Å². The summed E-state index contributed by atoms with van der Waals surface area (Å²) in [5.41, 5.74) is 2.78. The number of carbonyl (C=O) groups excluding carboxylic acids is 1. The number of fused-ring (bicyclic) bond motifs is 1. The van der Waals surface area contributed by atoms with Crippen LogP contribution in [0.2, 0.25) is 0 Å². The Bertz CT molecular complexity index is 512. The lowest BCUT2D eigenvalue weighted by molar-refractivity contribution is -0.130. The predicted octanol–water partition coefficient (Wildman–Crippen LogP) is 3.13. The fourth-order valence-corrected chi connectivity index (χ4v) is 3.28. The van der Waals surface area contributed by atoms with Gasteiger partial charge in [-0.3, -0.25) is 4.79 Å². The van der Waals surface area contributed by atoms with E-state index in [0.29, 0.717) is 18.4 Å². The molecule has 1 aliphatic carbocycles. The summed E-state index contributed by atoms with van der Waals surface area (Å²) in [5, 5.41) is 0. The summed E-state index contributed by atoms with van der Waals surface area (Å²) >= 11 is 0. The monoisotopic (exact) mass is 273 g/mol. The molecule has 2 aliphatic rings. The van der Waals surface area contributed by atoms with E-state index in [4.69, 9.17) is 4.74 Å². The lowest BCUT2D eigenvalue weighted by Crippen LogP contribution is -2.29. The highest BCUT2D eigenvalue weighted by Gasteiger charge is 2.44. The van der Waals surface area contributed by atoms with E-state index in [-0.39, 0.29) is 5.91 Å². The number of hydrogen-bond acceptors (Lipinski definition) is 2. The Morgan fingerprint density at radius 2 is 2.30 bits per heavy atom. The Balaban J connectivity index is 1.75. The first-order chi connectivity index (χ1) is 9.72. The molecule has 1 aromatic carbocycles. The van der Waals surface area contributed by atoms with Crippen molar-refractivity contribution < 1.29 is 9.53 Å². The highest BCUT2D eigenvalue weighted by Crippen LogP contribution is 2.47. The van der Waals surface area contributed by atoms with Crippen LogP contribution in [0.3, 0.4) is 0 Å². The standard InChI is InChI=1S/C17H23NO2/c1-3-6-17(19)18(2)15-11-14(15)12-7-4-9-16-13(12)8-5-10-20-16/h4,7,9,14-15H,3,5-6,8,10-11H2,1-2H3. The molecule has 1 aromatic rings. The van der Waals surface area contributed by atoms with Gasteiger partial charge in [-0.2, -0.15) is 0 Å². The Kier molecular flexibility index (Phi) is 3.68. The third-order valence-corrected chi connectivity index (χ3v) is 4.51. The minimum Gasteiger partial charge on any atom is -0.493 e. The highest BCUT2D eigenvalue weighted by atomic mass is 16.5. The van der Waals surface area contributed by atoms with Crippen molar-refractivity contribution in [3.05, 3.63) is 29.3 Å². The van der Waals surface area contributed by atoms with Gasteiger partial charge in [0.05, 0.1) is 6.61 Å². The zero-order valence-corrected chi connectivity index (χ0v) is 12.4. The summed E-state index contributed by atoms with van der Waals surface area (Å²) in [4.78, 5) is 13.9. The van der Waals surface area contributed by atoms with Crippen molar-refractivity contribution in [1.82, 2.24) is 4.90 Å². The van der Waals surface area contributed by atoms with Crippen LogP contribution in [-0.4, -0.2) is 30.5 Å². The van der Waals surface area contributed by atoms with Gasteiger partial charge in [-0.15, -0.1) is 0 Å². The van der Waals surface area contributed by atoms with E-state index in [1.54, 1.807) is 0 Å². The molecule has 108 valence electrons. The first-order valence-electron chi connectivity index (χ1n) is 7.72. The van der Waals surface area contributed by atoms with E-state index < -0.39 is 0 Å². The summed E-state index contributed by atoms with van der Waals surface area (Å²) in [5.74, 6) is 1.85. The van der Waals surface area contributed by atoms with Crippen LogP contribution in [0.5, 0.6) is 5.75 Å². The van der Waals surface area contributed by atoms with Crippen LogP contribution in [-0.2, 0) is 11.2 Å². The number of carbonyl (C=O) groups is 1. The molecular formula is C17H23NO2. The largest absolute Gasteiger partial charge is 0.493 e. The Morgan fingerprint density at radius 1 is 1.45 bits per heavy atom. The van der Waals surface area contributed by atoms with Crippen LogP contribution in [0, 0.1) is 0 Å². The fourth-order valence-electron chi connectivity index (χ4n) is 3.28. The van der Waals surface area contributed by atoms with Crippen molar-refractivity contribution in [1.29, 1.82) is 0 Å². The van der Waals surface area contributed by atoms with Gasteiger partial charge < -0.3 is 9.64 Å². The number of likely N-dealkylation sites (N-methyl/N-ethyl adjacent to an activating group) is 1. The minimum absolute atomic E-state index is 0.279. The molecule has 1 saturated carbocycles. The second-order valence-electron chi connectivity index (χ2n) is 5.94. The zero-order valence-electron chi connectivity index (χ0n) is 12.4. The van der Waals surface area contributed by atoms with Crippen LogP contribution < -0.4 is 4.74 Å². The normalized spacial score (nSPS) is 23.7. The Labute approximate surface area is 120 Å². The van der Waals surface area contributed by atoms with Crippen molar-refractivity contribution >= 4 is 5.91 Å². The van der Waals surface area contributed by atoms with E-state index in [1.807, 2.05) is 11.9 Å². The number of benzene rings is 1. The fraction of sp³-hybridized carbons (Fsp3) is 0.588. The van der Waals surface area contributed by atoms with Crippen LogP contribution in [0.1, 0.15) is 49.7 Å². The minimum atomic E-state index is 0.279. The second kappa shape index (κ2) is 5.47.